The number of carbonyl (C=O) groups excluding carboxylic acids is 1. The van der Waals surface area contributed by atoms with E-state index < -0.39 is 15.7 Å². The van der Waals surface area contributed by atoms with E-state index in [2.05, 4.69) is 4.98 Å². The monoisotopic (exact) mass is 449 g/mol. The van der Waals surface area contributed by atoms with Crippen molar-refractivity contribution in [2.24, 2.45) is 0 Å². The molecule has 0 N–H and O–H groups in total. The molecule has 0 aliphatic rings. The third-order valence-electron chi connectivity index (χ3n) is 4.56. The molecule has 1 aromatic heterocycles. The third kappa shape index (κ3) is 5.62. The number of amides is 1. The lowest BCUT2D eigenvalue weighted by molar-refractivity contribution is -0.118. The van der Waals surface area contributed by atoms with E-state index in [0.29, 0.717) is 11.7 Å². The van der Waals surface area contributed by atoms with Gasteiger partial charge in [-0.3, -0.25) is 9.69 Å². The first-order valence-electron chi connectivity index (χ1n) is 9.55. The fourth-order valence-electron chi connectivity index (χ4n) is 2.96. The summed E-state index contributed by atoms with van der Waals surface area (Å²) in [7, 11) is 0.229. The number of thiazole rings is 1. The molecule has 0 saturated heterocycles. The first-order chi connectivity index (χ1) is 14.3. The van der Waals surface area contributed by atoms with E-state index in [-0.39, 0.29) is 23.0 Å². The Kier molecular flexibility index (Phi) is 7.17. The van der Waals surface area contributed by atoms with Gasteiger partial charge < -0.3 is 4.90 Å². The Labute approximate surface area is 179 Å². The molecule has 3 aromatic rings. The van der Waals surface area contributed by atoms with Crippen LogP contribution in [0.25, 0.3) is 10.2 Å². The molecule has 0 atom stereocenters. The number of hydrogen-bond acceptors (Lipinski definition) is 6. The second-order valence-corrected chi connectivity index (χ2v) is 10.3. The molecule has 0 aliphatic heterocycles. The number of sulfone groups is 1. The molecule has 0 fully saturated rings. The van der Waals surface area contributed by atoms with Crippen LogP contribution in [0.15, 0.2) is 53.4 Å². The summed E-state index contributed by atoms with van der Waals surface area (Å²) in [5.41, 5.74) is 0.807. The van der Waals surface area contributed by atoms with Crippen molar-refractivity contribution in [1.82, 2.24) is 9.88 Å². The summed E-state index contributed by atoms with van der Waals surface area (Å²) in [5.74, 6) is -1.14. The standard InChI is InChI=1S/C21H24FN3O3S2/c1-24(2)13-5-14-25(21-23-18-6-3-4-7-19(18)29-21)20(26)12-15-30(27,28)17-10-8-16(22)9-11-17/h3-4,6-11H,5,12-15H2,1-2H3. The lowest BCUT2D eigenvalue weighted by atomic mass is 10.3. The zero-order valence-corrected chi connectivity index (χ0v) is 18.5. The fourth-order valence-corrected chi connectivity index (χ4v) is 5.20. The molecule has 1 amide bonds. The molecule has 1 heterocycles. The summed E-state index contributed by atoms with van der Waals surface area (Å²) < 4.78 is 39.1. The van der Waals surface area contributed by atoms with Crippen molar-refractivity contribution in [2.45, 2.75) is 17.7 Å². The van der Waals surface area contributed by atoms with Crippen molar-refractivity contribution in [3.63, 3.8) is 0 Å². The van der Waals surface area contributed by atoms with Crippen molar-refractivity contribution >= 4 is 42.4 Å². The minimum Gasteiger partial charge on any atom is -0.309 e. The maximum absolute atomic E-state index is 13.1. The van der Waals surface area contributed by atoms with Gasteiger partial charge in [0, 0.05) is 13.0 Å². The lowest BCUT2D eigenvalue weighted by Gasteiger charge is -2.21. The van der Waals surface area contributed by atoms with Gasteiger partial charge in [-0.15, -0.1) is 0 Å². The van der Waals surface area contributed by atoms with Crippen LogP contribution in [-0.2, 0) is 14.6 Å². The number of anilines is 1. The van der Waals surface area contributed by atoms with Gasteiger partial charge in [0.1, 0.15) is 5.82 Å². The highest BCUT2D eigenvalue weighted by Crippen LogP contribution is 2.29. The third-order valence-corrected chi connectivity index (χ3v) is 7.35. The number of para-hydroxylation sites is 1. The fraction of sp³-hybridized carbons (Fsp3) is 0.333. The number of rotatable bonds is 9. The number of hydrogen-bond donors (Lipinski definition) is 0. The second kappa shape index (κ2) is 9.63. The summed E-state index contributed by atoms with van der Waals surface area (Å²) in [6.45, 7) is 1.25. The topological polar surface area (TPSA) is 70.6 Å². The quantitative estimate of drug-likeness (QED) is 0.467. The molecular formula is C21H24FN3O3S2. The van der Waals surface area contributed by atoms with Gasteiger partial charge in [-0.05, 0) is 63.5 Å². The van der Waals surface area contributed by atoms with Gasteiger partial charge in [0.25, 0.3) is 0 Å². The van der Waals surface area contributed by atoms with Crippen LogP contribution in [0.5, 0.6) is 0 Å². The first kappa shape index (κ1) is 22.3. The summed E-state index contributed by atoms with van der Waals surface area (Å²) >= 11 is 1.41. The minimum atomic E-state index is -3.69. The SMILES string of the molecule is CN(C)CCCN(C(=O)CCS(=O)(=O)c1ccc(F)cc1)c1nc2ccccc2s1. The lowest BCUT2D eigenvalue weighted by Crippen LogP contribution is -2.34. The van der Waals surface area contributed by atoms with Gasteiger partial charge in [-0.1, -0.05) is 23.5 Å². The molecule has 160 valence electrons. The molecule has 6 nitrogen and oxygen atoms in total. The number of fused-ring (bicyclic) bond motifs is 1. The molecule has 3 rings (SSSR count). The van der Waals surface area contributed by atoms with E-state index in [0.717, 1.165) is 35.3 Å². The highest BCUT2D eigenvalue weighted by atomic mass is 32.2. The number of carbonyl (C=O) groups is 1. The molecule has 0 unspecified atom stereocenters. The maximum atomic E-state index is 13.1. The zero-order chi connectivity index (χ0) is 21.7. The average molecular weight is 450 g/mol. The zero-order valence-electron chi connectivity index (χ0n) is 16.9. The number of nitrogens with zero attached hydrogens (tertiary/aromatic N) is 3. The number of halogens is 1. The van der Waals surface area contributed by atoms with Gasteiger partial charge >= 0.3 is 0 Å². The molecule has 0 aliphatic carbocycles. The first-order valence-corrected chi connectivity index (χ1v) is 12.0. The highest BCUT2D eigenvalue weighted by Gasteiger charge is 2.23. The predicted octanol–water partition coefficient (Wildman–Crippen LogP) is 3.58. The summed E-state index contributed by atoms with van der Waals surface area (Å²) in [6, 6.07) is 12.3. The summed E-state index contributed by atoms with van der Waals surface area (Å²) in [6.07, 6.45) is 0.566. The van der Waals surface area contributed by atoms with Gasteiger partial charge in [-0.2, -0.15) is 0 Å². The Bertz CT molecular complexity index is 1080. The maximum Gasteiger partial charge on any atom is 0.229 e. The Morgan fingerprint density at radius 1 is 1.07 bits per heavy atom. The molecule has 30 heavy (non-hydrogen) atoms. The highest BCUT2D eigenvalue weighted by molar-refractivity contribution is 7.91. The Morgan fingerprint density at radius 3 is 2.43 bits per heavy atom. The molecule has 0 saturated carbocycles. The Balaban J connectivity index is 1.76. The number of benzene rings is 2. The molecule has 9 heteroatoms. The number of aromatic nitrogens is 1. The van der Waals surface area contributed by atoms with E-state index >= 15 is 0 Å². The van der Waals surface area contributed by atoms with E-state index in [1.54, 1.807) is 4.90 Å². The average Bonchev–Trinajstić information content (AvgIpc) is 3.13. The van der Waals surface area contributed by atoms with Crippen molar-refractivity contribution in [3.05, 3.63) is 54.3 Å². The second-order valence-electron chi connectivity index (χ2n) is 7.19. The van der Waals surface area contributed by atoms with Crippen LogP contribution in [0.4, 0.5) is 9.52 Å². The van der Waals surface area contributed by atoms with E-state index in [9.17, 15) is 17.6 Å². The molecule has 0 radical (unpaired) electrons. The molecule has 0 bridgehead atoms. The molecule has 0 spiro atoms. The van der Waals surface area contributed by atoms with Gasteiger partial charge in [0.05, 0.1) is 20.9 Å². The van der Waals surface area contributed by atoms with E-state index in [1.807, 2.05) is 43.3 Å². The van der Waals surface area contributed by atoms with Crippen LogP contribution >= 0.6 is 11.3 Å². The van der Waals surface area contributed by atoms with E-state index in [4.69, 9.17) is 0 Å². The Hall–Kier alpha value is -2.36. The Morgan fingerprint density at radius 2 is 1.77 bits per heavy atom. The van der Waals surface area contributed by atoms with Crippen LogP contribution < -0.4 is 4.90 Å². The van der Waals surface area contributed by atoms with Crippen molar-refractivity contribution in [1.29, 1.82) is 0 Å². The van der Waals surface area contributed by atoms with Crippen LogP contribution in [0.2, 0.25) is 0 Å². The van der Waals surface area contributed by atoms with Crippen LogP contribution in [-0.4, -0.2) is 57.1 Å². The molecule has 2 aromatic carbocycles. The normalized spacial score (nSPS) is 11.9. The van der Waals surface area contributed by atoms with Gasteiger partial charge in [0.15, 0.2) is 15.0 Å². The summed E-state index contributed by atoms with van der Waals surface area (Å²) in [5, 5.41) is 0.569. The van der Waals surface area contributed by atoms with Crippen molar-refractivity contribution in [2.75, 3.05) is 37.8 Å². The predicted molar refractivity (Wildman–Crippen MR) is 118 cm³/mol. The van der Waals surface area contributed by atoms with Crippen LogP contribution in [0.3, 0.4) is 0 Å². The minimum absolute atomic E-state index is 0.0100. The van der Waals surface area contributed by atoms with E-state index in [1.165, 1.54) is 23.5 Å². The van der Waals surface area contributed by atoms with Crippen molar-refractivity contribution < 1.29 is 17.6 Å². The van der Waals surface area contributed by atoms with Crippen molar-refractivity contribution in [3.8, 4) is 0 Å². The van der Waals surface area contributed by atoms with Gasteiger partial charge in [-0.25, -0.2) is 17.8 Å². The van der Waals surface area contributed by atoms with Crippen LogP contribution in [0, 0.1) is 5.82 Å². The smallest absolute Gasteiger partial charge is 0.229 e. The summed E-state index contributed by atoms with van der Waals surface area (Å²) in [4.78, 5) is 21.2. The van der Waals surface area contributed by atoms with Gasteiger partial charge in [0.2, 0.25) is 5.91 Å². The van der Waals surface area contributed by atoms with Crippen LogP contribution in [0.1, 0.15) is 12.8 Å². The molecular weight excluding hydrogens is 425 g/mol. The largest absolute Gasteiger partial charge is 0.309 e.